The number of carbonyl (C=O) groups is 14. The number of carboxylic acid groups (broad SMARTS) is 2. The van der Waals surface area contributed by atoms with E-state index in [4.69, 9.17) is 71.8 Å². The number of aliphatic carboxylic acids is 2. The van der Waals surface area contributed by atoms with E-state index in [-0.39, 0.29) is 145 Å². The molecule has 2 N–H and O–H groups in total. The first kappa shape index (κ1) is 102. The van der Waals surface area contributed by atoms with Gasteiger partial charge in [-0.1, -0.05) is 6.92 Å². The Morgan fingerprint density at radius 1 is 0.345 bits per heavy atom. The minimum Gasteiger partial charge on any atom is -0.481 e. The molecule has 0 bridgehead atoms. The van der Waals surface area contributed by atoms with Crippen molar-refractivity contribution in [2.45, 2.75) is 238 Å². The fourth-order valence-corrected chi connectivity index (χ4v) is 11.3. The van der Waals surface area contributed by atoms with Crippen LogP contribution in [0.1, 0.15) is 226 Å². The largest absolute Gasteiger partial charge is 0.481 e. The molecular formula is C78H133N3O29. The van der Waals surface area contributed by atoms with Gasteiger partial charge in [0.15, 0.2) is 0 Å². The zero-order valence-electron chi connectivity index (χ0n) is 69.4. The van der Waals surface area contributed by atoms with Gasteiger partial charge in [-0.2, -0.15) is 0 Å². The fourth-order valence-electron chi connectivity index (χ4n) is 11.3. The molecule has 3 fully saturated rings. The van der Waals surface area contributed by atoms with Crippen molar-refractivity contribution in [1.29, 1.82) is 0 Å². The summed E-state index contributed by atoms with van der Waals surface area (Å²) in [5.74, 6) is -5.70. The minimum atomic E-state index is -1.10. The third-order valence-electron chi connectivity index (χ3n) is 19.4. The van der Waals surface area contributed by atoms with E-state index in [0.29, 0.717) is 110 Å². The maximum atomic E-state index is 13.0. The molecular weight excluding hydrogens is 1440 g/mol. The Labute approximate surface area is 650 Å². The number of nitrogens with zero attached hydrogens (tertiary/aromatic N) is 3. The predicted molar refractivity (Wildman–Crippen MR) is 399 cm³/mol. The van der Waals surface area contributed by atoms with Crippen molar-refractivity contribution in [2.75, 3.05) is 141 Å². The lowest BCUT2D eigenvalue weighted by Gasteiger charge is -2.35. The molecule has 0 aromatic heterocycles. The maximum Gasteiger partial charge on any atom is 0.311 e. The van der Waals surface area contributed by atoms with Gasteiger partial charge in [-0.15, -0.1) is 0 Å². The summed E-state index contributed by atoms with van der Waals surface area (Å²) in [7, 11) is 6.16. The predicted octanol–water partition coefficient (Wildman–Crippen LogP) is 8.47. The highest BCUT2D eigenvalue weighted by Gasteiger charge is 2.44. The van der Waals surface area contributed by atoms with E-state index in [0.717, 1.165) is 32.4 Å². The van der Waals surface area contributed by atoms with Crippen LogP contribution in [0.5, 0.6) is 0 Å². The molecule has 0 aromatic rings. The summed E-state index contributed by atoms with van der Waals surface area (Å²) in [6, 6.07) is -0.0872. The molecule has 0 aromatic carbocycles. The highest BCUT2D eigenvalue weighted by Crippen LogP contribution is 2.39. The monoisotopic (exact) mass is 1580 g/mol. The Balaban J connectivity index is 0.00000147. The first-order valence-corrected chi connectivity index (χ1v) is 38.1. The van der Waals surface area contributed by atoms with Crippen molar-refractivity contribution in [3.8, 4) is 0 Å². The molecule has 0 radical (unpaired) electrons. The van der Waals surface area contributed by atoms with Gasteiger partial charge in [0.1, 0.15) is 59.5 Å². The van der Waals surface area contributed by atoms with E-state index in [1.165, 1.54) is 14.2 Å². The molecule has 32 heteroatoms. The van der Waals surface area contributed by atoms with Gasteiger partial charge in [0.25, 0.3) is 0 Å². The molecule has 32 nitrogen and oxygen atoms in total. The first-order chi connectivity index (χ1) is 51.3. The molecule has 4 atom stereocenters. The normalized spacial score (nSPS) is 15.5. The van der Waals surface area contributed by atoms with E-state index in [9.17, 15) is 67.1 Å². The van der Waals surface area contributed by atoms with Crippen molar-refractivity contribution >= 4 is 83.4 Å². The second-order valence-electron chi connectivity index (χ2n) is 31.5. The highest BCUT2D eigenvalue weighted by atomic mass is 16.6. The van der Waals surface area contributed by atoms with Crippen molar-refractivity contribution in [2.24, 2.45) is 37.9 Å². The van der Waals surface area contributed by atoms with Crippen LogP contribution < -0.4 is 0 Å². The Bertz CT molecular complexity index is 2910. The number of ether oxygens (including phenoxy) is 13. The smallest absolute Gasteiger partial charge is 0.311 e. The Kier molecular flexibility index (Phi) is 48.3. The zero-order chi connectivity index (χ0) is 84.1. The molecule has 0 saturated carbocycles. The average Bonchev–Trinajstić information content (AvgIpc) is 1.28. The summed E-state index contributed by atoms with van der Waals surface area (Å²) in [6.45, 7) is 31.6. The highest BCUT2D eigenvalue weighted by molar-refractivity contribution is 5.83. The zero-order valence-corrected chi connectivity index (χ0v) is 69.4. The van der Waals surface area contributed by atoms with Crippen molar-refractivity contribution in [3.05, 3.63) is 0 Å². The number of likely N-dealkylation sites (tertiary alicyclic amines) is 3. The lowest BCUT2D eigenvalue weighted by molar-refractivity contribution is -0.163. The molecule has 3 rings (SSSR count). The third kappa shape index (κ3) is 40.6. The lowest BCUT2D eigenvalue weighted by atomic mass is 9.74. The Morgan fingerprint density at radius 3 is 0.891 bits per heavy atom. The van der Waals surface area contributed by atoms with E-state index in [1.54, 1.807) is 72.5 Å². The molecule has 3 saturated heterocycles. The Morgan fingerprint density at radius 2 is 0.609 bits per heavy atom. The van der Waals surface area contributed by atoms with E-state index in [2.05, 4.69) is 0 Å². The van der Waals surface area contributed by atoms with Crippen LogP contribution >= 0.6 is 0 Å². The number of hydrogen-bond donors (Lipinski definition) is 2. The summed E-state index contributed by atoms with van der Waals surface area (Å²) in [5.41, 5.74) is -5.41. The van der Waals surface area contributed by atoms with Crippen LogP contribution in [0.15, 0.2) is 0 Å². The minimum absolute atomic E-state index is 0.0740. The number of carbonyl (C=O) groups excluding carboxylic acids is 12. The van der Waals surface area contributed by atoms with Crippen LogP contribution in [0.3, 0.4) is 0 Å². The van der Waals surface area contributed by atoms with Crippen LogP contribution in [0, 0.1) is 37.9 Å². The van der Waals surface area contributed by atoms with Crippen LogP contribution in [0.25, 0.3) is 0 Å². The molecule has 3 heterocycles. The van der Waals surface area contributed by atoms with Gasteiger partial charge < -0.3 is 86.5 Å². The lowest BCUT2D eigenvalue weighted by Crippen LogP contribution is -2.42. The molecule has 0 aliphatic carbocycles. The molecule has 3 aliphatic rings. The number of rotatable bonds is 50. The van der Waals surface area contributed by atoms with Gasteiger partial charge in [0.2, 0.25) is 17.7 Å². The van der Waals surface area contributed by atoms with Crippen LogP contribution in [-0.2, 0) is 129 Å². The number of methoxy groups -OCH3 is 4. The van der Waals surface area contributed by atoms with Crippen LogP contribution in [-0.4, -0.2) is 261 Å². The Hall–Kier alpha value is -7.58. The van der Waals surface area contributed by atoms with Gasteiger partial charge in [0.05, 0.1) is 96.6 Å². The summed E-state index contributed by atoms with van der Waals surface area (Å²) in [5, 5.41) is 17.1. The van der Waals surface area contributed by atoms with Crippen molar-refractivity contribution in [3.63, 3.8) is 0 Å². The first-order valence-electron chi connectivity index (χ1n) is 38.1. The van der Waals surface area contributed by atoms with Crippen molar-refractivity contribution in [1.82, 2.24) is 14.7 Å². The van der Waals surface area contributed by atoms with Crippen LogP contribution in [0.4, 0.5) is 0 Å². The molecule has 634 valence electrons. The number of esters is 9. The second-order valence-corrected chi connectivity index (χ2v) is 31.5. The summed E-state index contributed by atoms with van der Waals surface area (Å²) in [4.78, 5) is 171. The van der Waals surface area contributed by atoms with Gasteiger partial charge in [-0.3, -0.25) is 67.1 Å². The standard InChI is InChI=1S/C25H41NO10.C19H33NO6.C19H32O9.C15H27NO4/c1-18(26-12-6-7-19(26)27)17-25(4,23(32)36-14-13-33-5)11-10-24(2,3)22(31)35-16-15-34-21(30)9-8-20(28)29;1-18(2,8-9-19(3,4)17(23)26-14-13-24-5)16(22)25-12-11-20-10-6-7-15(20)21;1-18(2,16(23)27-11-10-25-5)8-9-19(3,4)17(24)28-13-12-26-15(22)7-6-14(20)21;1-5-15(3,14(18)20-10-9-19-4)11-12(2)16-8-6-7-13(16)17/h18H,6-17H2,1-5H3,(H,28,29);6-14H2,1-5H3;6-13H2,1-5H3,(H,20,21);12H,5-11H2,1-4H3. The van der Waals surface area contributed by atoms with Gasteiger partial charge >= 0.3 is 65.7 Å². The second kappa shape index (κ2) is 51.9. The van der Waals surface area contributed by atoms with E-state index in [1.807, 2.05) is 60.3 Å². The molecule has 0 spiro atoms. The van der Waals surface area contributed by atoms with E-state index >= 15 is 0 Å². The maximum absolute atomic E-state index is 13.0. The van der Waals surface area contributed by atoms with E-state index < -0.39 is 79.7 Å². The average molecular weight is 1580 g/mol. The number of amides is 3. The van der Waals surface area contributed by atoms with Crippen LogP contribution in [0.2, 0.25) is 0 Å². The topological polar surface area (TPSA) is 409 Å². The number of carboxylic acids is 2. The van der Waals surface area contributed by atoms with Crippen molar-refractivity contribution < 1.29 is 139 Å². The summed E-state index contributed by atoms with van der Waals surface area (Å²) < 4.78 is 66.0. The summed E-state index contributed by atoms with van der Waals surface area (Å²) in [6.07, 6.45) is 7.38. The molecule has 110 heavy (non-hydrogen) atoms. The molecule has 3 amide bonds. The molecule has 4 unspecified atom stereocenters. The van der Waals surface area contributed by atoms with Gasteiger partial charge in [0, 0.05) is 79.4 Å². The third-order valence-corrected chi connectivity index (χ3v) is 19.4. The fraction of sp³-hybridized carbons (Fsp3) is 0.821. The van der Waals surface area contributed by atoms with Gasteiger partial charge in [-0.05, 0) is 174 Å². The quantitative estimate of drug-likeness (QED) is 0.0327. The van der Waals surface area contributed by atoms with Gasteiger partial charge in [-0.25, -0.2) is 0 Å². The molecule has 3 aliphatic heterocycles. The number of hydrogen-bond acceptors (Lipinski definition) is 27. The summed E-state index contributed by atoms with van der Waals surface area (Å²) >= 11 is 0. The SMILES string of the molecule is CCC(C)(CC(C)N1CCCC1=O)C(=O)OCCOC.COCCOC(=O)C(C)(C)CCC(C)(C)C(=O)OCCN1CCCC1=O.COCCOC(=O)C(C)(C)CCC(C)(C)C(=O)OCCOC(=O)CCC(=O)O.COCCOC(=O)C(C)(CCC(C)(C)C(=O)OCCOC(=O)CCC(=O)O)CC(C)N1CCCC1=O.